The van der Waals surface area contributed by atoms with Gasteiger partial charge in [-0.05, 0) is 143 Å². The molecule has 0 atom stereocenters. The van der Waals surface area contributed by atoms with Gasteiger partial charge in [-0.15, -0.1) is 22.7 Å². The molecule has 2 aliphatic carbocycles. The van der Waals surface area contributed by atoms with Gasteiger partial charge in [0, 0.05) is 16.0 Å². The number of fused-ring (bicyclic) bond motifs is 3. The van der Waals surface area contributed by atoms with Crippen LogP contribution in [0.4, 0.5) is 0 Å². The van der Waals surface area contributed by atoms with Gasteiger partial charge in [-0.25, -0.2) is 4.79 Å². The van der Waals surface area contributed by atoms with E-state index in [1.807, 2.05) is 59.2 Å². The first-order valence-electron chi connectivity index (χ1n) is 19.5. The van der Waals surface area contributed by atoms with Gasteiger partial charge in [0.1, 0.15) is 0 Å². The molecule has 0 saturated heterocycles. The molecular weight excluding hydrogens is 709 g/mol. The van der Waals surface area contributed by atoms with Crippen molar-refractivity contribution in [3.63, 3.8) is 0 Å². The van der Waals surface area contributed by atoms with Crippen molar-refractivity contribution >= 4 is 33.4 Å². The molecule has 0 N–H and O–H groups in total. The second kappa shape index (κ2) is 17.0. The van der Waals surface area contributed by atoms with Crippen LogP contribution in [-0.2, 0) is 25.7 Å². The minimum atomic E-state index is -0.213. The van der Waals surface area contributed by atoms with E-state index in [1.54, 1.807) is 22.5 Å². The second-order valence-electron chi connectivity index (χ2n) is 14.5. The highest BCUT2D eigenvalue weighted by Crippen LogP contribution is 2.45. The summed E-state index contributed by atoms with van der Waals surface area (Å²) in [4.78, 5) is 15.1. The largest absolute Gasteiger partial charge is 0.421 e. The Kier molecular flexibility index (Phi) is 11.3. The van der Waals surface area contributed by atoms with E-state index in [0.717, 1.165) is 47.4 Å². The zero-order valence-corrected chi connectivity index (χ0v) is 33.3. The summed E-state index contributed by atoms with van der Waals surface area (Å²) in [6.45, 7) is 4.24. The minimum Gasteiger partial charge on any atom is -0.421 e. The molecule has 8 aromatic rings. The molecule has 4 heteroatoms. The first-order valence-corrected chi connectivity index (χ1v) is 21.3. The van der Waals surface area contributed by atoms with E-state index < -0.39 is 0 Å². The molecule has 274 valence electrons. The van der Waals surface area contributed by atoms with Crippen molar-refractivity contribution in [3.8, 4) is 43.3 Å². The van der Waals surface area contributed by atoms with Crippen molar-refractivity contribution < 1.29 is 4.42 Å². The van der Waals surface area contributed by atoms with E-state index in [4.69, 9.17) is 4.42 Å². The summed E-state index contributed by atoms with van der Waals surface area (Å²) in [5, 5.41) is 7.03. The molecule has 5 aromatic carbocycles. The fourth-order valence-electron chi connectivity index (χ4n) is 8.26. The number of hydrogen-bond acceptors (Lipinski definition) is 4. The van der Waals surface area contributed by atoms with E-state index in [0.29, 0.717) is 0 Å². The van der Waals surface area contributed by atoms with Crippen LogP contribution in [0.5, 0.6) is 0 Å². The van der Waals surface area contributed by atoms with Gasteiger partial charge in [-0.3, -0.25) is 0 Å². The molecule has 0 saturated carbocycles. The Bertz CT molecular complexity index is 2540. The van der Waals surface area contributed by atoms with E-state index in [1.165, 1.54) is 80.3 Å². The van der Waals surface area contributed by atoms with Crippen molar-refractivity contribution in [1.82, 2.24) is 0 Å². The summed E-state index contributed by atoms with van der Waals surface area (Å²) in [6.07, 6.45) is 9.26. The summed E-state index contributed by atoms with van der Waals surface area (Å²) in [7, 11) is 0. The molecule has 0 bridgehead atoms. The van der Waals surface area contributed by atoms with Gasteiger partial charge >= 0.3 is 5.63 Å². The lowest BCUT2D eigenvalue weighted by atomic mass is 9.79. The van der Waals surface area contributed by atoms with Gasteiger partial charge in [-0.2, -0.15) is 0 Å². The number of aryl methyl sites for hydroxylation is 2. The third-order valence-corrected chi connectivity index (χ3v) is 12.8. The van der Waals surface area contributed by atoms with Crippen LogP contribution in [0.2, 0.25) is 0 Å². The van der Waals surface area contributed by atoms with Crippen LogP contribution >= 0.6 is 22.7 Å². The summed E-state index contributed by atoms with van der Waals surface area (Å²) in [5.74, 6) is 0.786. The smallest absolute Gasteiger partial charge is 0.344 e. The molecule has 0 radical (unpaired) electrons. The average molecular weight is 755 g/mol. The SMILES string of the molecule is Cc1ccccc1C.O=c1oc(-c2cccs2)c2c(c1-c1ccccc1)CCCC2.c1ccc(-c2c3c(c(-c4cccs4)c4ccccc24)CCCC3)cc1. The normalized spacial score (nSPS) is 13.1. The van der Waals surface area contributed by atoms with Crippen LogP contribution in [0.3, 0.4) is 0 Å². The van der Waals surface area contributed by atoms with Crippen molar-refractivity contribution in [3.05, 3.63) is 188 Å². The summed E-state index contributed by atoms with van der Waals surface area (Å²) >= 11 is 3.49. The summed E-state index contributed by atoms with van der Waals surface area (Å²) < 4.78 is 5.76. The van der Waals surface area contributed by atoms with Crippen molar-refractivity contribution in [2.24, 2.45) is 0 Å². The van der Waals surface area contributed by atoms with Crippen LogP contribution in [-0.4, -0.2) is 0 Å². The molecule has 0 fully saturated rings. The Morgan fingerprint density at radius 1 is 0.436 bits per heavy atom. The molecule has 0 aliphatic heterocycles. The topological polar surface area (TPSA) is 30.2 Å². The number of hydrogen-bond donors (Lipinski definition) is 0. The quantitative estimate of drug-likeness (QED) is 0.179. The Morgan fingerprint density at radius 3 is 1.40 bits per heavy atom. The lowest BCUT2D eigenvalue weighted by molar-refractivity contribution is 0.511. The van der Waals surface area contributed by atoms with Gasteiger partial charge < -0.3 is 4.42 Å². The van der Waals surface area contributed by atoms with E-state index >= 15 is 0 Å². The fraction of sp³-hybridized carbons (Fsp3) is 0.196. The molecule has 3 heterocycles. The molecular formula is C51H46O2S2. The third kappa shape index (κ3) is 7.80. The van der Waals surface area contributed by atoms with Gasteiger partial charge in [0.2, 0.25) is 0 Å². The van der Waals surface area contributed by atoms with Crippen molar-refractivity contribution in [1.29, 1.82) is 0 Å². The van der Waals surface area contributed by atoms with Crippen LogP contribution in [0.15, 0.2) is 153 Å². The summed E-state index contributed by atoms with van der Waals surface area (Å²) in [6, 6.07) is 46.7. The first-order chi connectivity index (χ1) is 27.1. The van der Waals surface area contributed by atoms with E-state index in [2.05, 4.69) is 110 Å². The van der Waals surface area contributed by atoms with E-state index in [-0.39, 0.29) is 5.63 Å². The molecule has 2 nitrogen and oxygen atoms in total. The Hall–Kier alpha value is -5.29. The molecule has 3 aromatic heterocycles. The highest BCUT2D eigenvalue weighted by molar-refractivity contribution is 7.13. The maximum absolute atomic E-state index is 12.6. The third-order valence-electron chi connectivity index (χ3n) is 11.0. The first kappa shape index (κ1) is 36.7. The predicted octanol–water partition coefficient (Wildman–Crippen LogP) is 14.3. The van der Waals surface area contributed by atoms with Gasteiger partial charge in [0.25, 0.3) is 0 Å². The van der Waals surface area contributed by atoms with Gasteiger partial charge in [0.15, 0.2) is 5.76 Å². The Labute approximate surface area is 332 Å². The second-order valence-corrected chi connectivity index (χ2v) is 16.4. The zero-order valence-electron chi connectivity index (χ0n) is 31.6. The number of thiophene rings is 2. The van der Waals surface area contributed by atoms with Gasteiger partial charge in [-0.1, -0.05) is 121 Å². The van der Waals surface area contributed by atoms with Crippen molar-refractivity contribution in [2.75, 3.05) is 0 Å². The molecule has 55 heavy (non-hydrogen) atoms. The van der Waals surface area contributed by atoms with Crippen molar-refractivity contribution in [2.45, 2.75) is 65.2 Å². The average Bonchev–Trinajstić information content (AvgIpc) is 3.98. The Morgan fingerprint density at radius 2 is 0.873 bits per heavy atom. The predicted molar refractivity (Wildman–Crippen MR) is 236 cm³/mol. The van der Waals surface area contributed by atoms with Crippen LogP contribution in [0.25, 0.3) is 54.1 Å². The summed E-state index contributed by atoms with van der Waals surface area (Å²) in [5.41, 5.74) is 14.1. The van der Waals surface area contributed by atoms with Crippen LogP contribution < -0.4 is 5.63 Å². The molecule has 0 unspecified atom stereocenters. The maximum Gasteiger partial charge on any atom is 0.344 e. The molecule has 10 rings (SSSR count). The maximum atomic E-state index is 12.6. The highest BCUT2D eigenvalue weighted by atomic mass is 32.1. The Balaban J connectivity index is 0.000000131. The fourth-order valence-corrected chi connectivity index (χ4v) is 9.81. The van der Waals surface area contributed by atoms with E-state index in [9.17, 15) is 4.79 Å². The van der Waals surface area contributed by atoms with Crippen LogP contribution in [0.1, 0.15) is 59.1 Å². The van der Waals surface area contributed by atoms with Gasteiger partial charge in [0.05, 0.1) is 10.4 Å². The molecule has 0 amide bonds. The molecule has 2 aliphatic rings. The standard InChI is InChI=1S/C24H20S.C19H16O2S.C8H10/c1-2-9-17(10-3-1)23-18-11-4-6-13-20(18)24(22-15-8-16-25-22)21-14-7-5-12-19(21)23;20-19-17(13-7-2-1-3-8-13)14-9-4-5-10-15(14)18(21-19)16-11-6-12-22-16;1-7-5-3-4-6-8(7)2/h1-4,6,8-11,13,15-16H,5,7,12,14H2;1-3,6-8,11-12H,4-5,9-10H2;3-6H,1-2H3. The number of rotatable bonds is 4. The highest BCUT2D eigenvalue weighted by Gasteiger charge is 2.25. The lowest BCUT2D eigenvalue weighted by Gasteiger charge is -2.25. The lowest BCUT2D eigenvalue weighted by Crippen LogP contribution is -2.15. The monoisotopic (exact) mass is 754 g/mol. The van der Waals surface area contributed by atoms with Crippen LogP contribution in [0, 0.1) is 13.8 Å². The minimum absolute atomic E-state index is 0.213. The number of benzene rings is 5. The zero-order chi connectivity index (χ0) is 37.6. The molecule has 0 spiro atoms.